The van der Waals surface area contributed by atoms with Crippen molar-refractivity contribution in [2.75, 3.05) is 60.0 Å². The molecular weight excluding hydrogens is 901 g/mol. The average molecular weight is 973 g/mol. The molecule has 5 bridgehead atoms. The van der Waals surface area contributed by atoms with Gasteiger partial charge < -0.3 is 59.6 Å². The molecular formula is C52H72N6O12. The maximum absolute atomic E-state index is 14.8. The second-order valence-electron chi connectivity index (χ2n) is 20.6. The van der Waals surface area contributed by atoms with Crippen molar-refractivity contribution < 1.29 is 58.2 Å². The van der Waals surface area contributed by atoms with Crippen molar-refractivity contribution in [2.45, 2.75) is 123 Å². The molecule has 2 fully saturated rings. The highest BCUT2D eigenvalue weighted by molar-refractivity contribution is 6.34. The zero-order valence-electron chi connectivity index (χ0n) is 42.3. The molecule has 18 heteroatoms. The Kier molecular flexibility index (Phi) is 15.8. The zero-order valence-corrected chi connectivity index (χ0v) is 42.3. The van der Waals surface area contributed by atoms with Crippen LogP contribution >= 0.6 is 0 Å². The Morgan fingerprint density at radius 1 is 0.943 bits per heavy atom. The van der Waals surface area contributed by atoms with E-state index in [-0.39, 0.29) is 63.0 Å². The number of hydrogen-bond acceptors (Lipinski definition) is 16. The van der Waals surface area contributed by atoms with Gasteiger partial charge in [0.25, 0.3) is 11.7 Å². The Balaban J connectivity index is 1.26. The normalized spacial score (nSPS) is 31.7. The van der Waals surface area contributed by atoms with Crippen molar-refractivity contribution >= 4 is 35.1 Å². The summed E-state index contributed by atoms with van der Waals surface area (Å²) in [6.45, 7) is 18.8. The number of nitrogens with one attached hydrogen (secondary N) is 2. The quantitative estimate of drug-likeness (QED) is 0.201. The number of fused-ring (bicyclic) bond motifs is 13. The monoisotopic (exact) mass is 973 g/mol. The van der Waals surface area contributed by atoms with Gasteiger partial charge in [-0.1, -0.05) is 52.8 Å². The molecule has 70 heavy (non-hydrogen) atoms. The number of benzene rings is 1. The number of nitrogens with zero attached hydrogens (tertiary/aromatic N) is 4. The van der Waals surface area contributed by atoms with Crippen LogP contribution in [-0.4, -0.2) is 161 Å². The van der Waals surface area contributed by atoms with Crippen LogP contribution < -0.4 is 15.4 Å². The summed E-state index contributed by atoms with van der Waals surface area (Å²) >= 11 is 0. The molecule has 1 aromatic rings. The Labute approximate surface area is 410 Å². The van der Waals surface area contributed by atoms with E-state index < -0.39 is 89.2 Å². The van der Waals surface area contributed by atoms with Gasteiger partial charge in [-0.2, -0.15) is 0 Å². The third kappa shape index (κ3) is 10.6. The van der Waals surface area contributed by atoms with Crippen LogP contribution in [0.2, 0.25) is 0 Å². The van der Waals surface area contributed by atoms with Crippen molar-refractivity contribution in [3.63, 3.8) is 0 Å². The van der Waals surface area contributed by atoms with Crippen LogP contribution in [0.25, 0.3) is 0 Å². The number of methoxy groups -OCH3 is 1. The first kappa shape index (κ1) is 52.4. The molecule has 382 valence electrons. The molecule has 5 N–H and O–H groups in total. The zero-order chi connectivity index (χ0) is 51.0. The lowest BCUT2D eigenvalue weighted by atomic mass is 9.81. The lowest BCUT2D eigenvalue weighted by molar-refractivity contribution is -0.160. The van der Waals surface area contributed by atoms with Crippen molar-refractivity contribution in [3.8, 4) is 11.5 Å². The summed E-state index contributed by atoms with van der Waals surface area (Å²) < 4.78 is 24.3. The highest BCUT2D eigenvalue weighted by Crippen LogP contribution is 2.50. The number of carbonyl (C=O) groups excluding carboxylic acids is 5. The van der Waals surface area contributed by atoms with Crippen molar-refractivity contribution in [1.82, 2.24) is 25.3 Å². The van der Waals surface area contributed by atoms with Gasteiger partial charge in [0.15, 0.2) is 0 Å². The first-order chi connectivity index (χ1) is 33.1. The number of ether oxygens (including phenoxy) is 4. The lowest BCUT2D eigenvalue weighted by Gasteiger charge is -2.38. The first-order valence-electron chi connectivity index (χ1n) is 24.7. The Bertz CT molecular complexity index is 2400. The van der Waals surface area contributed by atoms with Gasteiger partial charge in [0, 0.05) is 107 Å². The molecule has 8 rings (SSSR count). The van der Waals surface area contributed by atoms with E-state index in [1.165, 1.54) is 33.3 Å². The van der Waals surface area contributed by atoms with Crippen LogP contribution in [0, 0.1) is 30.6 Å². The molecule has 2 saturated heterocycles. The van der Waals surface area contributed by atoms with Crippen molar-refractivity contribution in [1.29, 1.82) is 0 Å². The van der Waals surface area contributed by atoms with Crippen LogP contribution in [0.4, 0.5) is 0 Å². The molecule has 0 radical (unpaired) electrons. The first-order valence-corrected chi connectivity index (χ1v) is 24.7. The van der Waals surface area contributed by atoms with Crippen LogP contribution in [-0.2, 0) is 28.6 Å². The maximum atomic E-state index is 14.8. The SMILES string of the molecule is CO[C@H]1/C=C/O[C@@]2(C)Oc3c(C)c(O)c4c(c3C2=O)C2=NC3(CCN(CC(C)C)CC3)NC2=C(NC(=O)/C(C)=C\C=C\C(C)[C@H](O)[C@@H](C)[C@@H](O)[C@@H](C)[C@H](OC(=O)CC(=O)N2CCCN(C)CC2)C1)C4=O. The minimum absolute atomic E-state index is 0.00630. The van der Waals surface area contributed by atoms with Gasteiger partial charge >= 0.3 is 11.8 Å². The van der Waals surface area contributed by atoms with Crippen LogP contribution in [0.3, 0.4) is 0 Å². The fraction of sp³-hybridized carbons (Fsp3) is 0.615. The number of aliphatic imine (C=N–C) groups is 1. The summed E-state index contributed by atoms with van der Waals surface area (Å²) in [6, 6.07) is 0. The van der Waals surface area contributed by atoms with Crippen LogP contribution in [0.1, 0.15) is 112 Å². The number of aliphatic hydroxyl groups is 2. The highest BCUT2D eigenvalue weighted by Gasteiger charge is 2.54. The van der Waals surface area contributed by atoms with Gasteiger partial charge in [0.2, 0.25) is 11.7 Å². The van der Waals surface area contributed by atoms with Crippen molar-refractivity contribution in [2.24, 2.45) is 28.7 Å². The molecule has 1 aliphatic carbocycles. The van der Waals surface area contributed by atoms with Gasteiger partial charge in [-0.15, -0.1) is 0 Å². The van der Waals surface area contributed by atoms with Gasteiger partial charge in [-0.05, 0) is 45.9 Å². The summed E-state index contributed by atoms with van der Waals surface area (Å²) in [7, 11) is 3.41. The van der Waals surface area contributed by atoms with E-state index in [2.05, 4.69) is 34.3 Å². The smallest absolute Gasteiger partial charge is 0.315 e. The molecule has 2 amide bonds. The number of aliphatic hydroxyl groups excluding tert-OH is 2. The third-order valence-corrected chi connectivity index (χ3v) is 14.9. The Morgan fingerprint density at radius 3 is 2.34 bits per heavy atom. The van der Waals surface area contributed by atoms with E-state index in [0.717, 1.165) is 19.5 Å². The molecule has 1 aromatic carbocycles. The summed E-state index contributed by atoms with van der Waals surface area (Å²) in [5.41, 5.74) is -0.362. The van der Waals surface area contributed by atoms with Gasteiger partial charge in [-0.25, -0.2) is 0 Å². The number of hydrogen-bond donors (Lipinski definition) is 5. The number of phenols is 1. The summed E-state index contributed by atoms with van der Waals surface area (Å²) in [5.74, 6) is -7.20. The number of Topliss-reactive ketones (excluding diaryl/α,β-unsaturated/α-hetero) is 2. The highest BCUT2D eigenvalue weighted by atomic mass is 16.7. The minimum atomic E-state index is -2.01. The summed E-state index contributed by atoms with van der Waals surface area (Å²) in [6.07, 6.45) is 4.75. The fourth-order valence-electron chi connectivity index (χ4n) is 10.4. The number of amides is 2. The molecule has 1 spiro atoms. The van der Waals surface area contributed by atoms with Gasteiger partial charge in [0.05, 0.1) is 47.1 Å². The fourth-order valence-corrected chi connectivity index (χ4v) is 10.4. The number of ketones is 2. The largest absolute Gasteiger partial charge is 0.507 e. The average Bonchev–Trinajstić information content (AvgIpc) is 3.71. The summed E-state index contributed by atoms with van der Waals surface area (Å²) in [4.78, 5) is 81.9. The number of phenolic OH excluding ortho intramolecular Hbond substituents is 1. The van der Waals surface area contributed by atoms with E-state index in [1.54, 1.807) is 50.8 Å². The molecule has 1 unspecified atom stereocenters. The number of likely N-dealkylation sites (N-methyl/N-ethyl adjacent to an activating group) is 1. The van der Waals surface area contributed by atoms with Crippen LogP contribution in [0.15, 0.2) is 52.5 Å². The number of piperidine rings is 1. The molecule has 8 atom stereocenters. The number of aromatic hydroxyl groups is 1. The van der Waals surface area contributed by atoms with E-state index in [9.17, 15) is 39.3 Å². The molecule has 0 saturated carbocycles. The number of likely N-dealkylation sites (tertiary alicyclic amines) is 1. The standard InChI is InChI=1S/C52H72N6O12/c1-28(2)27-57-20-16-52(17-21-57)54-41-38-39-46(63)33(7)48-40(38)49(65)51(8,70-48)68-24-15-34(67-10)25-35(69-37(60)26-36(59)58-19-12-18-56(9)22-23-58)31(5)45(62)32(6)44(61)29(3)13-11-14-30(4)50(66)53-43(47(39)64)42(41)55-52/h11,13-15,24,28-29,31-32,34-35,44-45,55,61-63H,12,16-23,25-27H2,1-10H3,(H,53,66)/b13-11+,24-15+,30-14-/t29?,31-,32+,34-,35+,44-,45-,51-/m0/s1. The predicted octanol–water partition coefficient (Wildman–Crippen LogP) is 3.90. The van der Waals surface area contributed by atoms with Gasteiger partial charge in [-0.3, -0.25) is 29.0 Å². The molecule has 18 nitrogen and oxygen atoms in total. The van der Waals surface area contributed by atoms with E-state index >= 15 is 0 Å². The number of rotatable bonds is 6. The van der Waals surface area contributed by atoms with Crippen molar-refractivity contribution in [3.05, 3.63) is 69.8 Å². The molecule has 6 heterocycles. The number of esters is 1. The van der Waals surface area contributed by atoms with Gasteiger partial charge in [0.1, 0.15) is 35.4 Å². The number of carbonyl (C=O) groups is 5. The maximum Gasteiger partial charge on any atom is 0.315 e. The second-order valence-corrected chi connectivity index (χ2v) is 20.6. The van der Waals surface area contributed by atoms with E-state index in [4.69, 9.17) is 23.9 Å². The summed E-state index contributed by atoms with van der Waals surface area (Å²) in [5, 5.41) is 41.6. The Hall–Kier alpha value is -5.40. The molecule has 6 aliphatic heterocycles. The minimum Gasteiger partial charge on any atom is -0.507 e. The topological polar surface area (TPSA) is 229 Å². The molecule has 0 aromatic heterocycles. The van der Waals surface area contributed by atoms with E-state index in [0.29, 0.717) is 51.5 Å². The number of allylic oxidation sites excluding steroid dienone is 4. The second kappa shape index (κ2) is 21.1. The molecule has 7 aliphatic rings. The third-order valence-electron chi connectivity index (χ3n) is 14.9. The lowest BCUT2D eigenvalue weighted by Crippen LogP contribution is -2.50. The Morgan fingerprint density at radius 2 is 1.66 bits per heavy atom. The van der Waals surface area contributed by atoms with Crippen LogP contribution in [0.5, 0.6) is 11.5 Å². The predicted molar refractivity (Wildman–Crippen MR) is 260 cm³/mol. The van der Waals surface area contributed by atoms with E-state index in [1.807, 2.05) is 7.05 Å².